The maximum atomic E-state index is 11.8. The molecule has 3 N–H and O–H groups in total. The van der Waals surface area contributed by atoms with Crippen LogP contribution >= 0.6 is 0 Å². The Balaban J connectivity index is 2.07. The molecule has 0 aromatic heterocycles. The average molecular weight is 282 g/mol. The Kier molecular flexibility index (Phi) is 2.85. The van der Waals surface area contributed by atoms with Gasteiger partial charge in [-0.15, -0.1) is 0 Å². The first-order valence-corrected chi connectivity index (χ1v) is 7.15. The van der Waals surface area contributed by atoms with Crippen LogP contribution < -0.4 is 0 Å². The molecule has 20 heavy (non-hydrogen) atoms. The van der Waals surface area contributed by atoms with Crippen LogP contribution in [0, 0.1) is 17.3 Å². The standard InChI is InChI=1S/C15H22O5/c1-14(2)4-7-9(6-14)15(3,19)5-8-10(11(7)16)13(18)20-12(8)17/h7,9,11,13,16,18-19H,4-6H2,1-3H3/t7-,9-,11+,13+,15-/m1/s1. The van der Waals surface area contributed by atoms with Gasteiger partial charge in [0.1, 0.15) is 0 Å². The predicted octanol–water partition coefficient (Wildman–Crippen LogP) is 0.726. The fraction of sp³-hybridized carbons (Fsp3) is 0.800. The maximum Gasteiger partial charge on any atom is 0.336 e. The average Bonchev–Trinajstić information content (AvgIpc) is 2.74. The highest BCUT2D eigenvalue weighted by atomic mass is 16.6. The minimum Gasteiger partial charge on any atom is -0.428 e. The van der Waals surface area contributed by atoms with E-state index < -0.39 is 24.0 Å². The van der Waals surface area contributed by atoms with E-state index in [0.717, 1.165) is 12.8 Å². The van der Waals surface area contributed by atoms with Crippen molar-refractivity contribution in [1.29, 1.82) is 0 Å². The van der Waals surface area contributed by atoms with Gasteiger partial charge in [-0.2, -0.15) is 0 Å². The van der Waals surface area contributed by atoms with Gasteiger partial charge in [0.15, 0.2) is 0 Å². The number of carbonyl (C=O) groups is 1. The van der Waals surface area contributed by atoms with Crippen LogP contribution in [0.5, 0.6) is 0 Å². The van der Waals surface area contributed by atoms with Gasteiger partial charge in [-0.3, -0.25) is 0 Å². The Morgan fingerprint density at radius 3 is 2.50 bits per heavy atom. The SMILES string of the molecule is CC1(C)C[C@H]2[C@H](O)C3=C(C[C@@](C)(O)[C@@H]2C1)C(=O)O[C@@H]3O. The van der Waals surface area contributed by atoms with E-state index in [4.69, 9.17) is 4.74 Å². The number of hydrogen-bond donors (Lipinski definition) is 3. The van der Waals surface area contributed by atoms with Crippen LogP contribution in [-0.4, -0.2) is 39.3 Å². The van der Waals surface area contributed by atoms with E-state index in [-0.39, 0.29) is 34.8 Å². The van der Waals surface area contributed by atoms with Gasteiger partial charge in [-0.1, -0.05) is 13.8 Å². The molecule has 0 aromatic carbocycles. The largest absolute Gasteiger partial charge is 0.428 e. The van der Waals surface area contributed by atoms with Crippen LogP contribution in [0.4, 0.5) is 0 Å². The second kappa shape index (κ2) is 4.06. The Morgan fingerprint density at radius 2 is 1.85 bits per heavy atom. The monoisotopic (exact) mass is 282 g/mol. The van der Waals surface area contributed by atoms with Gasteiger partial charge < -0.3 is 20.1 Å². The highest BCUT2D eigenvalue weighted by Crippen LogP contribution is 2.55. The van der Waals surface area contributed by atoms with Crippen molar-refractivity contribution >= 4 is 5.97 Å². The van der Waals surface area contributed by atoms with Gasteiger partial charge >= 0.3 is 5.97 Å². The van der Waals surface area contributed by atoms with Crippen molar-refractivity contribution in [2.24, 2.45) is 17.3 Å². The molecule has 1 aliphatic heterocycles. The van der Waals surface area contributed by atoms with Crippen molar-refractivity contribution in [3.05, 3.63) is 11.1 Å². The minimum absolute atomic E-state index is 0.0345. The van der Waals surface area contributed by atoms with E-state index in [1.54, 1.807) is 6.92 Å². The molecule has 0 bridgehead atoms. The van der Waals surface area contributed by atoms with E-state index in [2.05, 4.69) is 13.8 Å². The van der Waals surface area contributed by atoms with Crippen LogP contribution in [0.3, 0.4) is 0 Å². The number of ether oxygens (including phenoxy) is 1. The van der Waals surface area contributed by atoms with Crippen molar-refractivity contribution < 1.29 is 24.9 Å². The summed E-state index contributed by atoms with van der Waals surface area (Å²) in [6.07, 6.45) is -0.606. The van der Waals surface area contributed by atoms with E-state index in [1.165, 1.54) is 0 Å². The first-order valence-electron chi connectivity index (χ1n) is 7.15. The number of rotatable bonds is 0. The second-order valence-corrected chi connectivity index (χ2v) is 7.51. The summed E-state index contributed by atoms with van der Waals surface area (Å²) in [6.45, 7) is 5.95. The Morgan fingerprint density at radius 1 is 1.20 bits per heavy atom. The molecule has 0 aromatic rings. The summed E-state index contributed by atoms with van der Waals surface area (Å²) < 4.78 is 4.80. The molecule has 112 valence electrons. The zero-order chi connectivity index (χ0) is 14.9. The lowest BCUT2D eigenvalue weighted by Gasteiger charge is -2.34. The maximum absolute atomic E-state index is 11.8. The Labute approximate surface area is 118 Å². The van der Waals surface area contributed by atoms with E-state index >= 15 is 0 Å². The predicted molar refractivity (Wildman–Crippen MR) is 70.4 cm³/mol. The topological polar surface area (TPSA) is 87.0 Å². The second-order valence-electron chi connectivity index (χ2n) is 7.51. The Bertz CT molecular complexity index is 490. The van der Waals surface area contributed by atoms with E-state index in [1.807, 2.05) is 0 Å². The van der Waals surface area contributed by atoms with Gasteiger partial charge in [-0.25, -0.2) is 4.79 Å². The molecule has 5 nitrogen and oxygen atoms in total. The number of hydrogen-bond acceptors (Lipinski definition) is 5. The number of carbonyl (C=O) groups excluding carboxylic acids is 1. The summed E-state index contributed by atoms with van der Waals surface area (Å²) in [5.41, 5.74) is -0.519. The number of esters is 1. The highest BCUT2D eigenvalue weighted by molar-refractivity contribution is 5.92. The molecule has 0 unspecified atom stereocenters. The van der Waals surface area contributed by atoms with Crippen molar-refractivity contribution in [2.75, 3.05) is 0 Å². The quantitative estimate of drug-likeness (QED) is 0.570. The number of fused-ring (bicyclic) bond motifs is 1. The minimum atomic E-state index is -1.37. The molecule has 0 spiro atoms. The molecule has 0 radical (unpaired) electrons. The molecule has 3 rings (SSSR count). The molecule has 1 fully saturated rings. The third-order valence-corrected chi connectivity index (χ3v) is 5.21. The van der Waals surface area contributed by atoms with E-state index in [0.29, 0.717) is 0 Å². The van der Waals surface area contributed by atoms with E-state index in [9.17, 15) is 20.1 Å². The van der Waals surface area contributed by atoms with Crippen LogP contribution in [-0.2, 0) is 9.53 Å². The number of aliphatic hydroxyl groups excluding tert-OH is 2. The first-order chi connectivity index (χ1) is 9.12. The molecule has 5 heteroatoms. The first kappa shape index (κ1) is 14.0. The van der Waals surface area contributed by atoms with Gasteiger partial charge in [0.25, 0.3) is 0 Å². The lowest BCUT2D eigenvalue weighted by Crippen LogP contribution is -2.40. The fourth-order valence-electron chi connectivity index (χ4n) is 4.34. The number of aliphatic hydroxyl groups is 3. The summed E-state index contributed by atoms with van der Waals surface area (Å²) in [5, 5.41) is 31.3. The van der Waals surface area contributed by atoms with Crippen molar-refractivity contribution in [1.82, 2.24) is 0 Å². The molecular formula is C15H22O5. The van der Waals surface area contributed by atoms with Crippen LogP contribution in [0.15, 0.2) is 11.1 Å². The van der Waals surface area contributed by atoms with Gasteiger partial charge in [0.2, 0.25) is 6.29 Å². The molecule has 3 aliphatic rings. The summed E-state index contributed by atoms with van der Waals surface area (Å²) >= 11 is 0. The third kappa shape index (κ3) is 1.91. The zero-order valence-electron chi connectivity index (χ0n) is 12.1. The molecule has 2 aliphatic carbocycles. The summed E-state index contributed by atoms with van der Waals surface area (Å²) in [7, 11) is 0. The molecule has 5 atom stereocenters. The number of cyclic esters (lactones) is 1. The zero-order valence-corrected chi connectivity index (χ0v) is 12.1. The van der Waals surface area contributed by atoms with Crippen molar-refractivity contribution in [3.63, 3.8) is 0 Å². The molecule has 0 saturated heterocycles. The molecule has 1 heterocycles. The van der Waals surface area contributed by atoms with Crippen molar-refractivity contribution in [3.8, 4) is 0 Å². The lowest BCUT2D eigenvalue weighted by atomic mass is 9.78. The van der Waals surface area contributed by atoms with Crippen LogP contribution in [0.25, 0.3) is 0 Å². The lowest BCUT2D eigenvalue weighted by molar-refractivity contribution is -0.154. The fourth-order valence-corrected chi connectivity index (χ4v) is 4.34. The smallest absolute Gasteiger partial charge is 0.336 e. The van der Waals surface area contributed by atoms with Gasteiger partial charge in [-0.05, 0) is 37.0 Å². The molecular weight excluding hydrogens is 260 g/mol. The summed E-state index contributed by atoms with van der Waals surface area (Å²) in [6, 6.07) is 0. The molecule has 1 saturated carbocycles. The summed E-state index contributed by atoms with van der Waals surface area (Å²) in [4.78, 5) is 11.8. The van der Waals surface area contributed by atoms with Gasteiger partial charge in [0, 0.05) is 17.6 Å². The van der Waals surface area contributed by atoms with Crippen LogP contribution in [0.1, 0.15) is 40.0 Å². The van der Waals surface area contributed by atoms with Crippen LogP contribution in [0.2, 0.25) is 0 Å². The normalized spacial score (nSPS) is 46.8. The Hall–Kier alpha value is -0.910. The third-order valence-electron chi connectivity index (χ3n) is 5.21. The summed E-state index contributed by atoms with van der Waals surface area (Å²) in [5.74, 6) is -0.860. The van der Waals surface area contributed by atoms with Crippen molar-refractivity contribution in [2.45, 2.75) is 58.0 Å². The molecule has 0 amide bonds. The van der Waals surface area contributed by atoms with Gasteiger partial charge in [0.05, 0.1) is 11.7 Å². The highest BCUT2D eigenvalue weighted by Gasteiger charge is 2.56.